The lowest BCUT2D eigenvalue weighted by molar-refractivity contribution is 0.0526. The van der Waals surface area contributed by atoms with Gasteiger partial charge in [-0.3, -0.25) is 4.79 Å². The van der Waals surface area contributed by atoms with Gasteiger partial charge >= 0.3 is 5.97 Å². The molecule has 5 aromatic rings. The van der Waals surface area contributed by atoms with E-state index in [0.717, 1.165) is 16.6 Å². The standard InChI is InChI=1S/C23H16N2O4S/c1-2-28-22(27)15-9-7-14(8-10-15)19-12-11-16(29-19)13-20-21(26)25-18-6-4-3-5-17(18)24-23(25)30-20/h3-13H,2H2,1H3/b20-13+. The SMILES string of the molecule is CCOC(=O)c1ccc(-c2ccc(/C=c3/sc4nc5ccccc5n4c3=O)o2)cc1. The van der Waals surface area contributed by atoms with Gasteiger partial charge in [-0.2, -0.15) is 0 Å². The van der Waals surface area contributed by atoms with Crippen LogP contribution in [-0.2, 0) is 4.74 Å². The van der Waals surface area contributed by atoms with E-state index >= 15 is 0 Å². The minimum Gasteiger partial charge on any atom is -0.462 e. The van der Waals surface area contributed by atoms with Crippen molar-refractivity contribution in [2.75, 3.05) is 6.61 Å². The van der Waals surface area contributed by atoms with E-state index < -0.39 is 0 Å². The van der Waals surface area contributed by atoms with E-state index in [4.69, 9.17) is 9.15 Å². The van der Waals surface area contributed by atoms with Crippen molar-refractivity contribution in [1.29, 1.82) is 0 Å². The number of benzene rings is 2. The van der Waals surface area contributed by atoms with Crippen LogP contribution in [0.15, 0.2) is 69.9 Å². The minimum atomic E-state index is -0.351. The first kappa shape index (κ1) is 18.3. The van der Waals surface area contributed by atoms with E-state index in [2.05, 4.69) is 4.98 Å². The summed E-state index contributed by atoms with van der Waals surface area (Å²) in [5, 5.41) is 0. The lowest BCUT2D eigenvalue weighted by Crippen LogP contribution is -2.22. The zero-order valence-electron chi connectivity index (χ0n) is 16.0. The zero-order chi connectivity index (χ0) is 20.7. The molecule has 30 heavy (non-hydrogen) atoms. The summed E-state index contributed by atoms with van der Waals surface area (Å²) in [6.07, 6.45) is 1.73. The third kappa shape index (κ3) is 3.09. The Labute approximate surface area is 174 Å². The van der Waals surface area contributed by atoms with Crippen molar-refractivity contribution in [3.05, 3.63) is 86.9 Å². The van der Waals surface area contributed by atoms with Crippen molar-refractivity contribution >= 4 is 39.4 Å². The second-order valence-corrected chi connectivity index (χ2v) is 7.64. The largest absolute Gasteiger partial charge is 0.462 e. The van der Waals surface area contributed by atoms with Crippen molar-refractivity contribution < 1.29 is 13.9 Å². The number of hydrogen-bond donors (Lipinski definition) is 0. The molecule has 0 bridgehead atoms. The summed E-state index contributed by atoms with van der Waals surface area (Å²) >= 11 is 1.33. The zero-order valence-corrected chi connectivity index (χ0v) is 16.8. The fraction of sp³-hybridized carbons (Fsp3) is 0.0870. The molecule has 148 valence electrons. The highest BCUT2D eigenvalue weighted by Crippen LogP contribution is 2.23. The molecule has 0 radical (unpaired) electrons. The molecule has 0 amide bonds. The molecule has 3 aromatic heterocycles. The number of thiazole rings is 1. The fourth-order valence-corrected chi connectivity index (χ4v) is 4.28. The maximum Gasteiger partial charge on any atom is 0.338 e. The molecule has 0 aliphatic heterocycles. The maximum atomic E-state index is 12.9. The van der Waals surface area contributed by atoms with Crippen molar-refractivity contribution in [3.8, 4) is 11.3 Å². The Kier molecular flexibility index (Phi) is 4.44. The second kappa shape index (κ2) is 7.27. The van der Waals surface area contributed by atoms with E-state index in [1.54, 1.807) is 41.7 Å². The average Bonchev–Trinajstić information content (AvgIpc) is 3.44. The molecule has 0 N–H and O–H groups in total. The van der Waals surface area contributed by atoms with Gasteiger partial charge in [0.25, 0.3) is 5.56 Å². The first-order valence-corrected chi connectivity index (χ1v) is 10.2. The summed E-state index contributed by atoms with van der Waals surface area (Å²) < 4.78 is 13.1. The van der Waals surface area contributed by atoms with Crippen LogP contribution in [0, 0.1) is 0 Å². The van der Waals surface area contributed by atoms with Gasteiger partial charge in [0.15, 0.2) is 4.96 Å². The number of carbonyl (C=O) groups is 1. The van der Waals surface area contributed by atoms with Crippen molar-refractivity contribution in [3.63, 3.8) is 0 Å². The van der Waals surface area contributed by atoms with Gasteiger partial charge in [0.1, 0.15) is 16.1 Å². The summed E-state index contributed by atoms with van der Waals surface area (Å²) in [5.41, 5.74) is 2.82. The summed E-state index contributed by atoms with van der Waals surface area (Å²) in [6, 6.07) is 18.2. The minimum absolute atomic E-state index is 0.111. The van der Waals surface area contributed by atoms with Gasteiger partial charge in [0, 0.05) is 11.6 Å². The number of nitrogens with zero attached hydrogens (tertiary/aromatic N) is 2. The van der Waals surface area contributed by atoms with E-state index in [1.165, 1.54) is 11.3 Å². The molecular weight excluding hydrogens is 400 g/mol. The normalized spacial score (nSPS) is 12.1. The van der Waals surface area contributed by atoms with Crippen LogP contribution in [0.25, 0.3) is 33.4 Å². The molecule has 0 unspecified atom stereocenters. The molecule has 7 heteroatoms. The predicted octanol–water partition coefficient (Wildman–Crippen LogP) is 3.89. The van der Waals surface area contributed by atoms with Crippen LogP contribution in [0.5, 0.6) is 0 Å². The molecule has 0 saturated carbocycles. The Morgan fingerprint density at radius 3 is 2.73 bits per heavy atom. The number of carbonyl (C=O) groups excluding carboxylic acids is 1. The van der Waals surface area contributed by atoms with Gasteiger partial charge in [-0.1, -0.05) is 35.6 Å². The first-order valence-electron chi connectivity index (χ1n) is 9.43. The van der Waals surface area contributed by atoms with Crippen LogP contribution in [0.1, 0.15) is 23.0 Å². The topological polar surface area (TPSA) is 73.8 Å². The van der Waals surface area contributed by atoms with Crippen molar-refractivity contribution in [2.45, 2.75) is 6.92 Å². The van der Waals surface area contributed by atoms with Crippen molar-refractivity contribution in [1.82, 2.24) is 9.38 Å². The second-order valence-electron chi connectivity index (χ2n) is 6.63. The molecule has 0 aliphatic rings. The van der Waals surface area contributed by atoms with Gasteiger partial charge in [-0.05, 0) is 43.3 Å². The Morgan fingerprint density at radius 1 is 1.13 bits per heavy atom. The molecule has 5 rings (SSSR count). The third-order valence-corrected chi connectivity index (χ3v) is 5.69. The van der Waals surface area contributed by atoms with Crippen LogP contribution in [0.4, 0.5) is 0 Å². The number of aromatic nitrogens is 2. The molecule has 2 aromatic carbocycles. The summed E-state index contributed by atoms with van der Waals surface area (Å²) in [6.45, 7) is 2.11. The quantitative estimate of drug-likeness (QED) is 0.416. The number of esters is 1. The van der Waals surface area contributed by atoms with E-state index in [1.807, 2.05) is 36.4 Å². The van der Waals surface area contributed by atoms with Crippen LogP contribution in [0.3, 0.4) is 0 Å². The highest BCUT2D eigenvalue weighted by Gasteiger charge is 2.12. The average molecular weight is 416 g/mol. The van der Waals surface area contributed by atoms with Crippen LogP contribution >= 0.6 is 11.3 Å². The van der Waals surface area contributed by atoms with Crippen molar-refractivity contribution in [2.24, 2.45) is 0 Å². The number of fused-ring (bicyclic) bond motifs is 3. The Bertz CT molecular complexity index is 1490. The number of furan rings is 1. The van der Waals surface area contributed by atoms with E-state index in [9.17, 15) is 9.59 Å². The van der Waals surface area contributed by atoms with Crippen LogP contribution in [0.2, 0.25) is 0 Å². The Morgan fingerprint density at radius 2 is 1.93 bits per heavy atom. The molecule has 0 fully saturated rings. The lowest BCUT2D eigenvalue weighted by Gasteiger charge is -2.02. The molecular formula is C23H16N2O4S. The number of hydrogen-bond acceptors (Lipinski definition) is 6. The summed E-state index contributed by atoms with van der Waals surface area (Å²) in [4.78, 5) is 29.8. The van der Waals surface area contributed by atoms with Gasteiger partial charge in [0.2, 0.25) is 0 Å². The van der Waals surface area contributed by atoms with E-state index in [0.29, 0.717) is 33.2 Å². The van der Waals surface area contributed by atoms with E-state index in [-0.39, 0.29) is 11.5 Å². The molecule has 0 spiro atoms. The lowest BCUT2D eigenvalue weighted by atomic mass is 10.1. The van der Waals surface area contributed by atoms with Gasteiger partial charge < -0.3 is 9.15 Å². The number of imidazole rings is 1. The van der Waals surface area contributed by atoms with Crippen LogP contribution in [-0.4, -0.2) is 22.0 Å². The maximum absolute atomic E-state index is 12.9. The van der Waals surface area contributed by atoms with Gasteiger partial charge in [0.05, 0.1) is 23.2 Å². The molecule has 0 atom stereocenters. The molecule has 3 heterocycles. The third-order valence-electron chi connectivity index (χ3n) is 4.73. The fourth-order valence-electron chi connectivity index (χ4n) is 3.31. The number of para-hydroxylation sites is 2. The number of rotatable bonds is 4. The highest BCUT2D eigenvalue weighted by atomic mass is 32.1. The van der Waals surface area contributed by atoms with Crippen LogP contribution < -0.4 is 10.1 Å². The summed E-state index contributed by atoms with van der Waals surface area (Å²) in [5.74, 6) is 0.872. The molecule has 0 aliphatic carbocycles. The number of ether oxygens (including phenoxy) is 1. The predicted molar refractivity (Wildman–Crippen MR) is 116 cm³/mol. The summed E-state index contributed by atoms with van der Waals surface area (Å²) in [7, 11) is 0. The first-order chi connectivity index (χ1) is 14.6. The Hall–Kier alpha value is -3.71. The monoisotopic (exact) mass is 416 g/mol. The Balaban J connectivity index is 1.49. The molecule has 0 saturated heterocycles. The highest BCUT2D eigenvalue weighted by molar-refractivity contribution is 7.15. The van der Waals surface area contributed by atoms with Gasteiger partial charge in [-0.15, -0.1) is 0 Å². The van der Waals surface area contributed by atoms with Gasteiger partial charge in [-0.25, -0.2) is 14.2 Å². The molecule has 6 nitrogen and oxygen atoms in total. The smallest absolute Gasteiger partial charge is 0.338 e.